The molecule has 1 aliphatic rings. The Morgan fingerprint density at radius 3 is 2.36 bits per heavy atom. The van der Waals surface area contributed by atoms with Gasteiger partial charge >= 0.3 is 0 Å². The van der Waals surface area contributed by atoms with Gasteiger partial charge < -0.3 is 14.8 Å². The number of aromatic nitrogens is 1. The van der Waals surface area contributed by atoms with E-state index in [4.69, 9.17) is 0 Å². The molecule has 0 radical (unpaired) electrons. The van der Waals surface area contributed by atoms with Crippen LogP contribution in [0.5, 0.6) is 0 Å². The maximum Gasteiger partial charge on any atom is 0.255 e. The van der Waals surface area contributed by atoms with Crippen LogP contribution >= 0.6 is 0 Å². The summed E-state index contributed by atoms with van der Waals surface area (Å²) in [4.78, 5) is 27.0. The summed E-state index contributed by atoms with van der Waals surface area (Å²) in [6.07, 6.45) is 3.59. The monoisotopic (exact) mass is 468 g/mol. The molecular weight excluding hydrogens is 440 g/mol. The zero-order chi connectivity index (χ0) is 23.6. The number of hydrogen-bond donors (Lipinski definition) is 2. The Kier molecular flexibility index (Phi) is 6.53. The Morgan fingerprint density at radius 2 is 1.73 bits per heavy atom. The van der Waals surface area contributed by atoms with Gasteiger partial charge in [-0.1, -0.05) is 0 Å². The van der Waals surface area contributed by atoms with Gasteiger partial charge in [0.05, 0.1) is 4.90 Å². The van der Waals surface area contributed by atoms with E-state index in [0.29, 0.717) is 24.3 Å². The Morgan fingerprint density at radius 1 is 1.03 bits per heavy atom. The smallest absolute Gasteiger partial charge is 0.255 e. The first kappa shape index (κ1) is 23.0. The number of likely N-dealkylation sites (N-methyl/N-ethyl adjacent to an activating group) is 1. The number of carbonyl (C=O) groups is 2. The van der Waals surface area contributed by atoms with Crippen LogP contribution < -0.4 is 10.0 Å². The van der Waals surface area contributed by atoms with Crippen LogP contribution in [0, 0.1) is 0 Å². The van der Waals surface area contributed by atoms with Crippen molar-refractivity contribution in [2.45, 2.75) is 44.2 Å². The largest absolute Gasteiger partial charge is 0.342 e. The molecule has 2 amide bonds. The number of nitrogens with one attached hydrogen (secondary N) is 2. The fraction of sp³-hybridized carbons (Fsp3) is 0.333. The number of nitrogens with zero attached hydrogens (tertiary/aromatic N) is 2. The minimum atomic E-state index is -3.55. The molecule has 1 saturated carbocycles. The van der Waals surface area contributed by atoms with Crippen molar-refractivity contribution < 1.29 is 18.0 Å². The lowest BCUT2D eigenvalue weighted by Crippen LogP contribution is -2.33. The quantitative estimate of drug-likeness (QED) is 0.504. The van der Waals surface area contributed by atoms with Gasteiger partial charge in [0, 0.05) is 47.5 Å². The summed E-state index contributed by atoms with van der Waals surface area (Å²) < 4.78 is 29.1. The van der Waals surface area contributed by atoms with Crippen LogP contribution in [0.2, 0.25) is 0 Å². The fourth-order valence-corrected chi connectivity index (χ4v) is 5.02. The second-order valence-electron chi connectivity index (χ2n) is 8.16. The van der Waals surface area contributed by atoms with Crippen LogP contribution in [-0.4, -0.2) is 48.8 Å². The number of amides is 2. The summed E-state index contributed by atoms with van der Waals surface area (Å²) in [5.41, 5.74) is 1.89. The van der Waals surface area contributed by atoms with Gasteiger partial charge in [-0.2, -0.15) is 0 Å². The second kappa shape index (κ2) is 9.36. The van der Waals surface area contributed by atoms with E-state index in [9.17, 15) is 18.0 Å². The maximum atomic E-state index is 12.7. The number of benzene rings is 2. The Labute approximate surface area is 193 Å². The number of carbonyl (C=O) groups excluding carboxylic acids is 2. The van der Waals surface area contributed by atoms with Crippen molar-refractivity contribution in [3.05, 3.63) is 60.3 Å². The lowest BCUT2D eigenvalue weighted by molar-refractivity contribution is -0.131. The third-order valence-corrected chi connectivity index (χ3v) is 7.31. The van der Waals surface area contributed by atoms with Crippen molar-refractivity contribution in [3.63, 3.8) is 0 Å². The molecule has 174 valence electrons. The lowest BCUT2D eigenvalue weighted by Gasteiger charge is -2.19. The van der Waals surface area contributed by atoms with Gasteiger partial charge in [0.1, 0.15) is 6.54 Å². The van der Waals surface area contributed by atoms with Crippen LogP contribution in [0.1, 0.15) is 37.0 Å². The predicted octanol–water partition coefficient (Wildman–Crippen LogP) is 3.20. The predicted molar refractivity (Wildman–Crippen MR) is 128 cm³/mol. The minimum Gasteiger partial charge on any atom is -0.342 e. The van der Waals surface area contributed by atoms with Gasteiger partial charge in [0.25, 0.3) is 5.91 Å². The summed E-state index contributed by atoms with van der Waals surface area (Å²) in [5.74, 6) is -0.266. The summed E-state index contributed by atoms with van der Waals surface area (Å²) in [6, 6.07) is 13.3. The molecule has 2 N–H and O–H groups in total. The molecular formula is C24H28N4O4S. The highest BCUT2D eigenvalue weighted by Crippen LogP contribution is 2.23. The highest BCUT2D eigenvalue weighted by molar-refractivity contribution is 7.89. The molecule has 4 rings (SSSR count). The average Bonchev–Trinajstić information content (AvgIpc) is 3.52. The minimum absolute atomic E-state index is 0.0260. The van der Waals surface area contributed by atoms with E-state index in [-0.39, 0.29) is 29.3 Å². The number of fused-ring (bicyclic) bond motifs is 1. The molecule has 1 heterocycles. The van der Waals surface area contributed by atoms with E-state index < -0.39 is 10.0 Å². The van der Waals surface area contributed by atoms with Gasteiger partial charge in [-0.05, 0) is 75.2 Å². The number of hydrogen-bond acceptors (Lipinski definition) is 4. The molecule has 0 saturated heterocycles. The van der Waals surface area contributed by atoms with Crippen molar-refractivity contribution in [1.29, 1.82) is 0 Å². The van der Waals surface area contributed by atoms with Crippen molar-refractivity contribution >= 4 is 38.4 Å². The number of sulfonamides is 1. The average molecular weight is 469 g/mol. The summed E-state index contributed by atoms with van der Waals surface area (Å²) in [6.45, 7) is 5.54. The van der Waals surface area contributed by atoms with Gasteiger partial charge in [0.2, 0.25) is 15.9 Å². The highest BCUT2D eigenvalue weighted by atomic mass is 32.2. The standard InChI is InChI=1S/C24H28N4O4S/c1-3-27(4-2)23(29)16-28-14-13-18-15-20(9-12-22(18)28)25-24(30)17-5-10-21(11-6-17)33(31,32)26-19-7-8-19/h5-6,9-15,19,26H,3-4,7-8,16H2,1-2H3,(H,25,30). The van der Waals surface area contributed by atoms with Crippen molar-refractivity contribution in [2.24, 2.45) is 0 Å². The molecule has 3 aromatic rings. The van der Waals surface area contributed by atoms with Gasteiger partial charge in [0.15, 0.2) is 0 Å². The second-order valence-corrected chi connectivity index (χ2v) is 9.87. The van der Waals surface area contributed by atoms with E-state index in [2.05, 4.69) is 10.0 Å². The first-order chi connectivity index (χ1) is 15.8. The van der Waals surface area contributed by atoms with E-state index >= 15 is 0 Å². The zero-order valence-corrected chi connectivity index (χ0v) is 19.6. The van der Waals surface area contributed by atoms with E-state index in [1.54, 1.807) is 11.0 Å². The number of anilines is 1. The molecule has 9 heteroatoms. The van der Waals surface area contributed by atoms with Crippen molar-refractivity contribution in [1.82, 2.24) is 14.2 Å². The van der Waals surface area contributed by atoms with Gasteiger partial charge in [-0.15, -0.1) is 0 Å². The van der Waals surface area contributed by atoms with E-state index in [1.807, 2.05) is 42.8 Å². The summed E-state index contributed by atoms with van der Waals surface area (Å²) in [7, 11) is -3.55. The Balaban J connectivity index is 1.44. The lowest BCUT2D eigenvalue weighted by atomic mass is 10.2. The summed E-state index contributed by atoms with van der Waals surface area (Å²) >= 11 is 0. The molecule has 0 aliphatic heterocycles. The molecule has 0 bridgehead atoms. The van der Waals surface area contributed by atoms with Crippen LogP contribution in [-0.2, 0) is 21.4 Å². The van der Waals surface area contributed by atoms with E-state index in [0.717, 1.165) is 23.7 Å². The first-order valence-electron chi connectivity index (χ1n) is 11.1. The van der Waals surface area contributed by atoms with Gasteiger partial charge in [-0.25, -0.2) is 13.1 Å². The maximum absolute atomic E-state index is 12.7. The Bertz CT molecular complexity index is 1270. The fourth-order valence-electron chi connectivity index (χ4n) is 3.72. The zero-order valence-electron chi connectivity index (χ0n) is 18.7. The number of rotatable bonds is 9. The third-order valence-electron chi connectivity index (χ3n) is 5.78. The molecule has 2 aromatic carbocycles. The molecule has 1 aromatic heterocycles. The van der Waals surface area contributed by atoms with Crippen molar-refractivity contribution in [2.75, 3.05) is 18.4 Å². The van der Waals surface area contributed by atoms with Gasteiger partial charge in [-0.3, -0.25) is 9.59 Å². The Hall–Kier alpha value is -3.17. The van der Waals surface area contributed by atoms with Crippen LogP contribution in [0.15, 0.2) is 59.6 Å². The third kappa shape index (κ3) is 5.26. The molecule has 1 aliphatic carbocycles. The molecule has 33 heavy (non-hydrogen) atoms. The molecule has 0 unspecified atom stereocenters. The van der Waals surface area contributed by atoms with E-state index in [1.165, 1.54) is 24.3 Å². The topological polar surface area (TPSA) is 101 Å². The van der Waals surface area contributed by atoms with Crippen LogP contribution in [0.25, 0.3) is 10.9 Å². The molecule has 1 fully saturated rings. The van der Waals surface area contributed by atoms with Crippen LogP contribution in [0.3, 0.4) is 0 Å². The molecule has 8 nitrogen and oxygen atoms in total. The SMILES string of the molecule is CCN(CC)C(=O)Cn1ccc2cc(NC(=O)c3ccc(S(=O)(=O)NC4CC4)cc3)ccc21. The first-order valence-corrected chi connectivity index (χ1v) is 12.6. The highest BCUT2D eigenvalue weighted by Gasteiger charge is 2.28. The molecule has 0 spiro atoms. The molecule has 0 atom stereocenters. The normalized spacial score (nSPS) is 13.8. The van der Waals surface area contributed by atoms with Crippen molar-refractivity contribution in [3.8, 4) is 0 Å². The van der Waals surface area contributed by atoms with Crippen LogP contribution in [0.4, 0.5) is 5.69 Å². The summed E-state index contributed by atoms with van der Waals surface area (Å²) in [5, 5.41) is 3.76.